The van der Waals surface area contributed by atoms with Gasteiger partial charge < -0.3 is 35.4 Å². The molecular weight excluding hydrogens is 220 g/mol. The van der Waals surface area contributed by atoms with Crippen molar-refractivity contribution in [1.29, 1.82) is 0 Å². The maximum absolute atomic E-state index is 8.77. The van der Waals surface area contributed by atoms with E-state index in [1.807, 2.05) is 6.92 Å². The molecule has 16 heavy (non-hydrogen) atoms. The van der Waals surface area contributed by atoms with Crippen LogP contribution in [-0.4, -0.2) is 82.0 Å². The van der Waals surface area contributed by atoms with Gasteiger partial charge in [0.2, 0.25) is 0 Å². The molecule has 0 aromatic carbocycles. The summed E-state index contributed by atoms with van der Waals surface area (Å²) in [4.78, 5) is 0. The summed E-state index contributed by atoms with van der Waals surface area (Å²) in [5.74, 6) is 0. The van der Waals surface area contributed by atoms with E-state index in [4.69, 9.17) is 35.4 Å². The van der Waals surface area contributed by atoms with Gasteiger partial charge in [-0.05, 0) is 6.92 Å². The first kappa shape index (κ1) is 18.1. The summed E-state index contributed by atoms with van der Waals surface area (Å²) < 4.78 is 4.73. The zero-order valence-corrected chi connectivity index (χ0v) is 9.36. The third-order valence-electron chi connectivity index (χ3n) is 1.60. The van der Waals surface area contributed by atoms with Gasteiger partial charge in [-0.15, -0.1) is 0 Å². The van der Waals surface area contributed by atoms with Crippen LogP contribution in [0.2, 0.25) is 0 Å². The molecule has 0 aliphatic carbocycles. The fraction of sp³-hybridized carbons (Fsp3) is 1.00. The Balaban J connectivity index is 0. The number of ether oxygens (including phenoxy) is 1. The van der Waals surface area contributed by atoms with Crippen molar-refractivity contribution in [3.05, 3.63) is 0 Å². The molecule has 6 N–H and O–H groups in total. The van der Waals surface area contributed by atoms with E-state index in [1.165, 1.54) is 0 Å². The minimum atomic E-state index is -1.49. The highest BCUT2D eigenvalue weighted by atomic mass is 16.5. The molecule has 0 saturated carbocycles. The van der Waals surface area contributed by atoms with E-state index in [9.17, 15) is 0 Å². The van der Waals surface area contributed by atoms with Crippen LogP contribution in [0.4, 0.5) is 0 Å². The molecule has 7 nitrogen and oxygen atoms in total. The lowest BCUT2D eigenvalue weighted by molar-refractivity contribution is -0.0900. The summed E-state index contributed by atoms with van der Waals surface area (Å²) >= 11 is 0. The largest absolute Gasteiger partial charge is 0.394 e. The lowest BCUT2D eigenvalue weighted by Gasteiger charge is -2.19. The highest BCUT2D eigenvalue weighted by molar-refractivity contribution is 4.73. The van der Waals surface area contributed by atoms with Crippen LogP contribution in [0.3, 0.4) is 0 Å². The monoisotopic (exact) mass is 242 g/mol. The number of aliphatic hydroxyl groups is 6. The molecule has 2 unspecified atom stereocenters. The predicted octanol–water partition coefficient (Wildman–Crippen LogP) is -2.93. The third kappa shape index (κ3) is 10.2. The van der Waals surface area contributed by atoms with E-state index in [-0.39, 0.29) is 6.61 Å². The van der Waals surface area contributed by atoms with Crippen molar-refractivity contribution < 1.29 is 35.4 Å². The van der Waals surface area contributed by atoms with E-state index >= 15 is 0 Å². The second kappa shape index (κ2) is 12.8. The minimum Gasteiger partial charge on any atom is -0.394 e. The molecule has 2 atom stereocenters. The maximum Gasteiger partial charge on any atom is 0.110 e. The Morgan fingerprint density at radius 1 is 0.938 bits per heavy atom. The standard InChI is InChI=1S/C5H12O5.C4H10O2/c6-1-3(8)5(10)4(9)2-7;1-2-6-4-3-5/h3-10H,1-2H2;5H,2-4H2,1H3. The van der Waals surface area contributed by atoms with Crippen LogP contribution in [-0.2, 0) is 4.74 Å². The summed E-state index contributed by atoms with van der Waals surface area (Å²) in [5, 5.41) is 50.6. The van der Waals surface area contributed by atoms with E-state index in [2.05, 4.69) is 0 Å². The fourth-order valence-corrected chi connectivity index (χ4v) is 0.681. The average molecular weight is 242 g/mol. The molecule has 0 heterocycles. The van der Waals surface area contributed by atoms with Crippen molar-refractivity contribution in [1.82, 2.24) is 0 Å². The van der Waals surface area contributed by atoms with Gasteiger partial charge in [-0.2, -0.15) is 0 Å². The van der Waals surface area contributed by atoms with Crippen molar-refractivity contribution in [3.63, 3.8) is 0 Å². The Kier molecular flexibility index (Phi) is 14.5. The fourth-order valence-electron chi connectivity index (χ4n) is 0.681. The van der Waals surface area contributed by atoms with Crippen LogP contribution < -0.4 is 0 Å². The molecule has 0 saturated heterocycles. The van der Waals surface area contributed by atoms with Crippen LogP contribution in [0.15, 0.2) is 0 Å². The smallest absolute Gasteiger partial charge is 0.110 e. The molecule has 0 bridgehead atoms. The topological polar surface area (TPSA) is 131 Å². The van der Waals surface area contributed by atoms with Crippen molar-refractivity contribution >= 4 is 0 Å². The van der Waals surface area contributed by atoms with E-state index < -0.39 is 31.5 Å². The summed E-state index contributed by atoms with van der Waals surface area (Å²) in [6.07, 6.45) is -4.29. The van der Waals surface area contributed by atoms with Gasteiger partial charge in [0, 0.05) is 6.61 Å². The number of hydrogen-bond acceptors (Lipinski definition) is 7. The molecular formula is C9H22O7. The van der Waals surface area contributed by atoms with Crippen LogP contribution in [0.1, 0.15) is 6.92 Å². The first-order valence-corrected chi connectivity index (χ1v) is 4.99. The van der Waals surface area contributed by atoms with Crippen molar-refractivity contribution in [2.24, 2.45) is 0 Å². The van der Waals surface area contributed by atoms with Crippen molar-refractivity contribution in [2.45, 2.75) is 25.2 Å². The Hall–Kier alpha value is -0.280. The van der Waals surface area contributed by atoms with Gasteiger partial charge in [0.25, 0.3) is 0 Å². The van der Waals surface area contributed by atoms with Gasteiger partial charge in [-0.3, -0.25) is 0 Å². The van der Waals surface area contributed by atoms with Gasteiger partial charge >= 0.3 is 0 Å². The number of rotatable bonds is 7. The molecule has 0 aliphatic rings. The number of hydrogen-bond donors (Lipinski definition) is 6. The Labute approximate surface area is 94.5 Å². The summed E-state index contributed by atoms with van der Waals surface area (Å²) in [7, 11) is 0. The van der Waals surface area contributed by atoms with Crippen LogP contribution in [0.25, 0.3) is 0 Å². The van der Waals surface area contributed by atoms with Crippen LogP contribution in [0.5, 0.6) is 0 Å². The predicted molar refractivity (Wildman–Crippen MR) is 55.8 cm³/mol. The van der Waals surface area contributed by atoms with E-state index in [0.29, 0.717) is 13.2 Å². The summed E-state index contributed by atoms with van der Waals surface area (Å²) in [5.41, 5.74) is 0. The van der Waals surface area contributed by atoms with E-state index in [0.717, 1.165) is 0 Å². The number of aliphatic hydroxyl groups excluding tert-OH is 6. The van der Waals surface area contributed by atoms with Crippen molar-refractivity contribution in [3.8, 4) is 0 Å². The quantitative estimate of drug-likeness (QED) is 0.263. The first-order valence-electron chi connectivity index (χ1n) is 4.99. The van der Waals surface area contributed by atoms with Gasteiger partial charge in [0.15, 0.2) is 0 Å². The SMILES string of the molecule is CCOCCO.OCC(O)C(O)C(O)CO. The lowest BCUT2D eigenvalue weighted by atomic mass is 10.1. The van der Waals surface area contributed by atoms with Gasteiger partial charge in [-0.25, -0.2) is 0 Å². The molecule has 100 valence electrons. The average Bonchev–Trinajstić information content (AvgIpc) is 2.34. The molecule has 0 spiro atoms. The zero-order chi connectivity index (χ0) is 13.0. The zero-order valence-electron chi connectivity index (χ0n) is 9.36. The van der Waals surface area contributed by atoms with Gasteiger partial charge in [-0.1, -0.05) is 0 Å². The molecule has 0 rings (SSSR count). The van der Waals surface area contributed by atoms with Crippen LogP contribution in [0, 0.1) is 0 Å². The molecule has 0 amide bonds. The highest BCUT2D eigenvalue weighted by Gasteiger charge is 2.22. The summed E-state index contributed by atoms with van der Waals surface area (Å²) in [6, 6.07) is 0. The Morgan fingerprint density at radius 3 is 1.56 bits per heavy atom. The van der Waals surface area contributed by atoms with Crippen molar-refractivity contribution in [2.75, 3.05) is 33.0 Å². The molecule has 0 aromatic heterocycles. The molecule has 0 radical (unpaired) electrons. The Bertz CT molecular complexity index is 119. The molecule has 7 heteroatoms. The molecule has 0 aliphatic heterocycles. The second-order valence-electron chi connectivity index (χ2n) is 2.91. The Morgan fingerprint density at radius 2 is 1.38 bits per heavy atom. The maximum atomic E-state index is 8.77. The highest BCUT2D eigenvalue weighted by Crippen LogP contribution is 1.97. The third-order valence-corrected chi connectivity index (χ3v) is 1.60. The summed E-state index contributed by atoms with van der Waals surface area (Å²) in [6.45, 7) is 1.91. The van der Waals surface area contributed by atoms with Gasteiger partial charge in [0.1, 0.15) is 18.3 Å². The van der Waals surface area contributed by atoms with Crippen LogP contribution >= 0.6 is 0 Å². The van der Waals surface area contributed by atoms with E-state index in [1.54, 1.807) is 0 Å². The normalized spacial score (nSPS) is 15.9. The minimum absolute atomic E-state index is 0.133. The molecule has 0 aromatic rings. The second-order valence-corrected chi connectivity index (χ2v) is 2.91. The molecule has 0 fully saturated rings. The first-order chi connectivity index (χ1) is 7.54. The lowest BCUT2D eigenvalue weighted by Crippen LogP contribution is -2.41. The van der Waals surface area contributed by atoms with Gasteiger partial charge in [0.05, 0.1) is 26.4 Å².